The van der Waals surface area contributed by atoms with Crippen LogP contribution in [0.1, 0.15) is 38.4 Å². The number of benzene rings is 1. The van der Waals surface area contributed by atoms with Gasteiger partial charge in [0.05, 0.1) is 11.8 Å². The highest BCUT2D eigenvalue weighted by molar-refractivity contribution is 7.99. The van der Waals surface area contributed by atoms with Gasteiger partial charge in [0.1, 0.15) is 5.82 Å². The molecule has 1 atom stereocenters. The summed E-state index contributed by atoms with van der Waals surface area (Å²) in [6.45, 7) is 6.02. The van der Waals surface area contributed by atoms with E-state index >= 15 is 0 Å². The van der Waals surface area contributed by atoms with Crippen molar-refractivity contribution in [2.24, 2.45) is 0 Å². The number of carbonyl (C=O) groups is 1. The summed E-state index contributed by atoms with van der Waals surface area (Å²) in [6.07, 6.45) is 3.65. The molecular weight excluding hydrogens is 301 g/mol. The summed E-state index contributed by atoms with van der Waals surface area (Å²) in [6, 6.07) is 6.31. The number of carbonyl (C=O) groups excluding carboxylic acids is 1. The molecule has 0 radical (unpaired) electrons. The van der Waals surface area contributed by atoms with Crippen molar-refractivity contribution in [2.75, 3.05) is 5.75 Å². The molecule has 22 heavy (non-hydrogen) atoms. The molecule has 2 aromatic rings. The molecule has 4 nitrogen and oxygen atoms in total. The number of hydrogen-bond acceptors (Lipinski definition) is 3. The molecular formula is C16H20FN3OS. The topological polar surface area (TPSA) is 46.9 Å². The summed E-state index contributed by atoms with van der Waals surface area (Å²) in [5, 5.41) is 3.74. The molecule has 118 valence electrons. The van der Waals surface area contributed by atoms with Gasteiger partial charge in [0.2, 0.25) is 5.91 Å². The molecule has 0 aliphatic heterocycles. The average Bonchev–Trinajstić information content (AvgIpc) is 2.94. The zero-order valence-corrected chi connectivity index (χ0v) is 13.7. The fraction of sp³-hybridized carbons (Fsp3) is 0.375. The summed E-state index contributed by atoms with van der Waals surface area (Å²) in [5.41, 5.74) is 0.878. The van der Waals surface area contributed by atoms with E-state index in [0.29, 0.717) is 11.8 Å². The lowest BCUT2D eigenvalue weighted by atomic mass is 10.1. The summed E-state index contributed by atoms with van der Waals surface area (Å²) in [7, 11) is 0. The van der Waals surface area contributed by atoms with E-state index in [4.69, 9.17) is 0 Å². The van der Waals surface area contributed by atoms with Crippen LogP contribution in [0.5, 0.6) is 0 Å². The predicted molar refractivity (Wildman–Crippen MR) is 86.3 cm³/mol. The number of imidazole rings is 1. The first kappa shape index (κ1) is 16.5. The van der Waals surface area contributed by atoms with Crippen LogP contribution in [0.4, 0.5) is 4.39 Å². The van der Waals surface area contributed by atoms with Gasteiger partial charge in [-0.1, -0.05) is 23.9 Å². The minimum atomic E-state index is -0.279. The van der Waals surface area contributed by atoms with Crippen LogP contribution in [0.3, 0.4) is 0 Å². The zero-order valence-electron chi connectivity index (χ0n) is 12.9. The number of hydrogen-bond donors (Lipinski definition) is 1. The second-order valence-electron chi connectivity index (χ2n) is 5.34. The van der Waals surface area contributed by atoms with E-state index in [0.717, 1.165) is 10.7 Å². The molecule has 0 aliphatic rings. The van der Waals surface area contributed by atoms with Gasteiger partial charge < -0.3 is 9.88 Å². The molecule has 0 unspecified atom stereocenters. The maximum absolute atomic E-state index is 12.9. The van der Waals surface area contributed by atoms with Crippen LogP contribution in [-0.2, 0) is 4.79 Å². The lowest BCUT2D eigenvalue weighted by Crippen LogP contribution is -2.28. The molecule has 6 heteroatoms. The fourth-order valence-corrected chi connectivity index (χ4v) is 2.95. The Morgan fingerprint density at radius 2 is 2.00 bits per heavy atom. The Morgan fingerprint density at radius 1 is 1.32 bits per heavy atom. The molecule has 1 aromatic heterocycles. The van der Waals surface area contributed by atoms with E-state index in [2.05, 4.69) is 24.1 Å². The summed E-state index contributed by atoms with van der Waals surface area (Å²) in [5.74, 6) is -0.0478. The molecule has 2 rings (SSSR count). The number of nitrogens with zero attached hydrogens (tertiary/aromatic N) is 2. The largest absolute Gasteiger partial charge is 0.349 e. The second kappa shape index (κ2) is 7.45. The van der Waals surface area contributed by atoms with Gasteiger partial charge in [-0.05, 0) is 38.5 Å². The predicted octanol–water partition coefficient (Wildman–Crippen LogP) is 3.57. The molecule has 0 saturated carbocycles. The van der Waals surface area contributed by atoms with Crippen LogP contribution < -0.4 is 5.32 Å². The second-order valence-corrected chi connectivity index (χ2v) is 6.28. The number of thioether (sulfide) groups is 1. The van der Waals surface area contributed by atoms with Gasteiger partial charge in [-0.15, -0.1) is 0 Å². The van der Waals surface area contributed by atoms with E-state index < -0.39 is 0 Å². The van der Waals surface area contributed by atoms with E-state index in [9.17, 15) is 9.18 Å². The number of aromatic nitrogens is 2. The number of halogens is 1. The Balaban J connectivity index is 1.87. The maximum Gasteiger partial charge on any atom is 0.230 e. The third-order valence-electron chi connectivity index (χ3n) is 3.27. The van der Waals surface area contributed by atoms with Crippen molar-refractivity contribution < 1.29 is 9.18 Å². The normalized spacial score (nSPS) is 12.4. The Kier molecular flexibility index (Phi) is 5.60. The number of nitrogens with one attached hydrogen (secondary N) is 1. The zero-order chi connectivity index (χ0) is 16.1. The Bertz CT molecular complexity index is 625. The van der Waals surface area contributed by atoms with Crippen molar-refractivity contribution in [2.45, 2.75) is 38.0 Å². The van der Waals surface area contributed by atoms with Crippen LogP contribution in [0.2, 0.25) is 0 Å². The van der Waals surface area contributed by atoms with Crippen LogP contribution in [0.15, 0.2) is 41.8 Å². The van der Waals surface area contributed by atoms with Crippen LogP contribution >= 0.6 is 11.8 Å². The van der Waals surface area contributed by atoms with Crippen molar-refractivity contribution in [1.82, 2.24) is 14.9 Å². The molecule has 1 amide bonds. The molecule has 0 saturated heterocycles. The van der Waals surface area contributed by atoms with E-state index in [1.54, 1.807) is 18.3 Å². The van der Waals surface area contributed by atoms with Gasteiger partial charge >= 0.3 is 0 Å². The van der Waals surface area contributed by atoms with Gasteiger partial charge in [0.25, 0.3) is 0 Å². The molecule has 1 aromatic carbocycles. The van der Waals surface area contributed by atoms with Crippen LogP contribution in [0.25, 0.3) is 0 Å². The Labute approximate surface area is 134 Å². The van der Waals surface area contributed by atoms with E-state index in [1.807, 2.05) is 17.7 Å². The van der Waals surface area contributed by atoms with Crippen molar-refractivity contribution in [3.8, 4) is 0 Å². The summed E-state index contributed by atoms with van der Waals surface area (Å²) >= 11 is 1.41. The highest BCUT2D eigenvalue weighted by atomic mass is 32.2. The van der Waals surface area contributed by atoms with Gasteiger partial charge in [-0.25, -0.2) is 9.37 Å². The minimum absolute atomic E-state index is 0.0693. The first-order chi connectivity index (χ1) is 10.5. The van der Waals surface area contributed by atoms with Gasteiger partial charge in [0.15, 0.2) is 5.16 Å². The van der Waals surface area contributed by atoms with Crippen molar-refractivity contribution in [1.29, 1.82) is 0 Å². The summed E-state index contributed by atoms with van der Waals surface area (Å²) in [4.78, 5) is 16.3. The van der Waals surface area contributed by atoms with Crippen molar-refractivity contribution >= 4 is 17.7 Å². The molecule has 0 bridgehead atoms. The number of amides is 1. The Hall–Kier alpha value is -1.82. The first-order valence-electron chi connectivity index (χ1n) is 7.18. The minimum Gasteiger partial charge on any atom is -0.349 e. The molecule has 0 fully saturated rings. The summed E-state index contributed by atoms with van der Waals surface area (Å²) < 4.78 is 14.9. The average molecular weight is 321 g/mol. The highest BCUT2D eigenvalue weighted by Crippen LogP contribution is 2.20. The molecule has 1 heterocycles. The lowest BCUT2D eigenvalue weighted by molar-refractivity contribution is -0.119. The standard InChI is InChI=1S/C16H20FN3OS/c1-11(2)20-9-8-18-16(20)22-10-15(21)19-12(3)13-4-6-14(17)7-5-13/h4-9,11-12H,10H2,1-3H3,(H,19,21)/t12-/m1/s1. The SMILES string of the molecule is CC(C)n1ccnc1SCC(=O)N[C@H](C)c1ccc(F)cc1. The van der Waals surface area contributed by atoms with Crippen LogP contribution in [-0.4, -0.2) is 21.2 Å². The fourth-order valence-electron chi connectivity index (χ4n) is 2.05. The van der Waals surface area contributed by atoms with Gasteiger partial charge in [-0.3, -0.25) is 4.79 Å². The Morgan fingerprint density at radius 3 is 2.64 bits per heavy atom. The van der Waals surface area contributed by atoms with E-state index in [-0.39, 0.29) is 17.8 Å². The molecule has 0 aliphatic carbocycles. The van der Waals surface area contributed by atoms with Crippen molar-refractivity contribution in [3.63, 3.8) is 0 Å². The lowest BCUT2D eigenvalue weighted by Gasteiger charge is -2.15. The first-order valence-corrected chi connectivity index (χ1v) is 8.16. The third-order valence-corrected chi connectivity index (χ3v) is 4.25. The van der Waals surface area contributed by atoms with Crippen molar-refractivity contribution in [3.05, 3.63) is 48.0 Å². The van der Waals surface area contributed by atoms with E-state index in [1.165, 1.54) is 23.9 Å². The van der Waals surface area contributed by atoms with Gasteiger partial charge in [0, 0.05) is 18.4 Å². The quantitative estimate of drug-likeness (QED) is 0.827. The van der Waals surface area contributed by atoms with Crippen LogP contribution in [0, 0.1) is 5.82 Å². The molecule has 0 spiro atoms. The highest BCUT2D eigenvalue weighted by Gasteiger charge is 2.12. The number of rotatable bonds is 6. The maximum atomic E-state index is 12.9. The smallest absolute Gasteiger partial charge is 0.230 e. The molecule has 1 N–H and O–H groups in total. The third kappa shape index (κ3) is 4.34. The monoisotopic (exact) mass is 321 g/mol. The van der Waals surface area contributed by atoms with Gasteiger partial charge in [-0.2, -0.15) is 0 Å².